The van der Waals surface area contributed by atoms with Crippen molar-refractivity contribution in [3.8, 4) is 11.8 Å². The third kappa shape index (κ3) is 2.93. The second kappa shape index (κ2) is 5.96. The normalized spacial score (nSPS) is 25.7. The highest BCUT2D eigenvalue weighted by atomic mass is 16.3. The number of nitrogens with zero attached hydrogens (tertiary/aromatic N) is 1. The molecule has 20 heavy (non-hydrogen) atoms. The number of hydrogen-bond acceptors (Lipinski definition) is 3. The Morgan fingerprint density at radius 3 is 2.65 bits per heavy atom. The second-order valence-electron chi connectivity index (χ2n) is 5.52. The Balaban J connectivity index is 2.10. The highest BCUT2D eigenvalue weighted by Gasteiger charge is 2.36. The van der Waals surface area contributed by atoms with Crippen LogP contribution in [0.15, 0.2) is 24.3 Å². The third-order valence-corrected chi connectivity index (χ3v) is 4.25. The number of phenolic OH excluding ortho intramolecular Hbond substituents is 1. The number of hydrogen-bond donors (Lipinski definition) is 2. The molecule has 1 aromatic rings. The number of aromatic hydroxyl groups is 1. The summed E-state index contributed by atoms with van der Waals surface area (Å²) in [5.74, 6) is 0.221. The van der Waals surface area contributed by atoms with Gasteiger partial charge in [-0.3, -0.25) is 4.79 Å². The zero-order valence-corrected chi connectivity index (χ0v) is 11.7. The van der Waals surface area contributed by atoms with Gasteiger partial charge in [0.25, 0.3) is 5.91 Å². The largest absolute Gasteiger partial charge is 0.507 e. The zero-order valence-electron chi connectivity index (χ0n) is 11.7. The summed E-state index contributed by atoms with van der Waals surface area (Å²) in [7, 11) is 0. The molecule has 0 aromatic heterocycles. The van der Waals surface area contributed by atoms with Crippen LogP contribution in [-0.4, -0.2) is 16.6 Å². The summed E-state index contributed by atoms with van der Waals surface area (Å²) in [4.78, 5) is 12.2. The van der Waals surface area contributed by atoms with Crippen LogP contribution in [0.3, 0.4) is 0 Å². The maximum Gasteiger partial charge on any atom is 0.256 e. The van der Waals surface area contributed by atoms with Crippen LogP contribution >= 0.6 is 0 Å². The van der Waals surface area contributed by atoms with Gasteiger partial charge in [0.15, 0.2) is 0 Å². The van der Waals surface area contributed by atoms with Gasteiger partial charge in [-0.15, -0.1) is 0 Å². The Kier molecular flexibility index (Phi) is 4.29. The van der Waals surface area contributed by atoms with Crippen LogP contribution in [0.5, 0.6) is 5.75 Å². The SMILES string of the molecule is CCC1CCC(C#N)(NC(=O)c2ccccc2O)CC1. The number of para-hydroxylation sites is 1. The minimum Gasteiger partial charge on any atom is -0.507 e. The van der Waals surface area contributed by atoms with Crippen molar-refractivity contribution in [1.29, 1.82) is 5.26 Å². The van der Waals surface area contributed by atoms with Crippen LogP contribution < -0.4 is 5.32 Å². The van der Waals surface area contributed by atoms with Crippen LogP contribution in [0.2, 0.25) is 0 Å². The molecule has 2 N–H and O–H groups in total. The Hall–Kier alpha value is -2.02. The van der Waals surface area contributed by atoms with Gasteiger partial charge < -0.3 is 10.4 Å². The van der Waals surface area contributed by atoms with Gasteiger partial charge in [0.05, 0.1) is 11.6 Å². The van der Waals surface area contributed by atoms with Crippen LogP contribution in [0.1, 0.15) is 49.4 Å². The summed E-state index contributed by atoms with van der Waals surface area (Å²) in [5, 5.41) is 22.0. The Bertz CT molecular complexity index is 526. The van der Waals surface area contributed by atoms with Crippen molar-refractivity contribution in [2.45, 2.75) is 44.6 Å². The predicted molar refractivity (Wildman–Crippen MR) is 76.2 cm³/mol. The molecule has 4 nitrogen and oxygen atoms in total. The summed E-state index contributed by atoms with van der Waals surface area (Å²) in [6, 6.07) is 8.67. The fourth-order valence-electron chi connectivity index (χ4n) is 2.79. The number of carbonyl (C=O) groups excluding carboxylic acids is 1. The molecule has 1 saturated carbocycles. The van der Waals surface area contributed by atoms with Crippen molar-refractivity contribution >= 4 is 5.91 Å². The molecule has 0 bridgehead atoms. The Morgan fingerprint density at radius 2 is 2.10 bits per heavy atom. The van der Waals surface area contributed by atoms with Gasteiger partial charge in [-0.2, -0.15) is 5.26 Å². The number of rotatable bonds is 3. The number of nitrogens with one attached hydrogen (secondary N) is 1. The summed E-state index contributed by atoms with van der Waals surface area (Å²) >= 11 is 0. The van der Waals surface area contributed by atoms with E-state index >= 15 is 0 Å². The molecule has 1 amide bonds. The van der Waals surface area contributed by atoms with Gasteiger partial charge in [0, 0.05) is 0 Å². The lowest BCUT2D eigenvalue weighted by Gasteiger charge is -2.35. The Labute approximate surface area is 119 Å². The smallest absolute Gasteiger partial charge is 0.256 e. The lowest BCUT2D eigenvalue weighted by Crippen LogP contribution is -2.49. The number of phenols is 1. The number of nitriles is 1. The molecule has 106 valence electrons. The molecule has 1 aliphatic carbocycles. The summed E-state index contributed by atoms with van der Waals surface area (Å²) in [5.41, 5.74) is -0.565. The zero-order chi connectivity index (χ0) is 14.6. The monoisotopic (exact) mass is 272 g/mol. The van der Waals surface area contributed by atoms with Gasteiger partial charge in [-0.05, 0) is 43.7 Å². The van der Waals surface area contributed by atoms with E-state index in [-0.39, 0.29) is 17.2 Å². The fourth-order valence-corrected chi connectivity index (χ4v) is 2.79. The van der Waals surface area contributed by atoms with Gasteiger partial charge >= 0.3 is 0 Å². The van der Waals surface area contributed by atoms with E-state index in [0.29, 0.717) is 18.8 Å². The molecule has 0 aliphatic heterocycles. The van der Waals surface area contributed by atoms with E-state index in [1.54, 1.807) is 18.2 Å². The maximum atomic E-state index is 12.2. The van der Waals surface area contributed by atoms with Crippen LogP contribution in [0.4, 0.5) is 0 Å². The van der Waals surface area contributed by atoms with Crippen LogP contribution in [0.25, 0.3) is 0 Å². The molecule has 0 spiro atoms. The van der Waals surface area contributed by atoms with E-state index in [4.69, 9.17) is 0 Å². The highest BCUT2D eigenvalue weighted by Crippen LogP contribution is 2.33. The summed E-state index contributed by atoms with van der Waals surface area (Å²) < 4.78 is 0. The first-order chi connectivity index (χ1) is 9.60. The van der Waals surface area contributed by atoms with Crippen molar-refractivity contribution in [3.63, 3.8) is 0 Å². The molecule has 0 unspecified atom stereocenters. The third-order valence-electron chi connectivity index (χ3n) is 4.25. The minimum atomic E-state index is -0.787. The van der Waals surface area contributed by atoms with Crippen molar-refractivity contribution in [2.75, 3.05) is 0 Å². The van der Waals surface area contributed by atoms with E-state index < -0.39 is 5.54 Å². The molecule has 1 aromatic carbocycles. The average molecular weight is 272 g/mol. The van der Waals surface area contributed by atoms with E-state index in [1.165, 1.54) is 6.07 Å². The van der Waals surface area contributed by atoms with Crippen LogP contribution in [-0.2, 0) is 0 Å². The van der Waals surface area contributed by atoms with Gasteiger partial charge in [0.2, 0.25) is 0 Å². The number of benzene rings is 1. The summed E-state index contributed by atoms with van der Waals surface area (Å²) in [6.07, 6.45) is 4.41. The predicted octanol–water partition coefficient (Wildman–Crippen LogP) is 2.98. The van der Waals surface area contributed by atoms with Gasteiger partial charge in [0.1, 0.15) is 11.3 Å². The molecular formula is C16H20N2O2. The maximum absolute atomic E-state index is 12.2. The lowest BCUT2D eigenvalue weighted by molar-refractivity contribution is 0.0888. The van der Waals surface area contributed by atoms with Gasteiger partial charge in [-0.1, -0.05) is 25.5 Å². The van der Waals surface area contributed by atoms with Gasteiger partial charge in [-0.25, -0.2) is 0 Å². The fraction of sp³-hybridized carbons (Fsp3) is 0.500. The number of carbonyl (C=O) groups is 1. The molecule has 0 heterocycles. The lowest BCUT2D eigenvalue weighted by atomic mass is 9.76. The van der Waals surface area contributed by atoms with E-state index in [9.17, 15) is 15.2 Å². The van der Waals surface area contributed by atoms with E-state index in [0.717, 1.165) is 19.3 Å². The first-order valence-corrected chi connectivity index (χ1v) is 7.12. The molecule has 2 rings (SSSR count). The van der Waals surface area contributed by atoms with Crippen molar-refractivity contribution < 1.29 is 9.90 Å². The second-order valence-corrected chi connectivity index (χ2v) is 5.52. The quantitative estimate of drug-likeness (QED) is 0.888. The first-order valence-electron chi connectivity index (χ1n) is 7.12. The average Bonchev–Trinajstić information content (AvgIpc) is 2.48. The molecule has 0 atom stereocenters. The topological polar surface area (TPSA) is 73.1 Å². The highest BCUT2D eigenvalue weighted by molar-refractivity contribution is 5.97. The van der Waals surface area contributed by atoms with Crippen molar-refractivity contribution in [2.24, 2.45) is 5.92 Å². The van der Waals surface area contributed by atoms with Crippen molar-refractivity contribution in [1.82, 2.24) is 5.32 Å². The van der Waals surface area contributed by atoms with Crippen molar-refractivity contribution in [3.05, 3.63) is 29.8 Å². The number of amides is 1. The molecular weight excluding hydrogens is 252 g/mol. The Morgan fingerprint density at radius 1 is 1.45 bits per heavy atom. The van der Waals surface area contributed by atoms with Crippen LogP contribution in [0, 0.1) is 17.2 Å². The standard InChI is InChI=1S/C16H20N2O2/c1-2-12-7-9-16(11-17,10-8-12)18-15(20)13-5-3-4-6-14(13)19/h3-6,12,19H,2,7-10H2,1H3,(H,18,20). The molecule has 0 radical (unpaired) electrons. The van der Waals surface area contributed by atoms with E-state index in [1.807, 2.05) is 0 Å². The summed E-state index contributed by atoms with van der Waals surface area (Å²) in [6.45, 7) is 2.16. The molecule has 4 heteroatoms. The first kappa shape index (κ1) is 14.4. The van der Waals surface area contributed by atoms with E-state index in [2.05, 4.69) is 18.3 Å². The molecule has 1 aliphatic rings. The minimum absolute atomic E-state index is 0.0552. The molecule has 1 fully saturated rings. The molecule has 0 saturated heterocycles.